The molecule has 17 heavy (non-hydrogen) atoms. The Labute approximate surface area is 102 Å². The van der Waals surface area contributed by atoms with Crippen molar-refractivity contribution in [1.82, 2.24) is 10.3 Å². The molecule has 0 saturated heterocycles. The first-order valence-electron chi connectivity index (χ1n) is 5.68. The van der Waals surface area contributed by atoms with Crippen LogP contribution in [0.4, 0.5) is 5.82 Å². The van der Waals surface area contributed by atoms with E-state index in [0.717, 1.165) is 12.2 Å². The molecule has 0 aliphatic rings. The standard InChI is InChI=1S/C12H20N4O/c1-9(13)6-7-14-12(17)10-4-5-11(15-8-10)16(2)3/h4-5,8-9H,6-7,13H2,1-3H3,(H,14,17). The Balaban J connectivity index is 2.52. The summed E-state index contributed by atoms with van der Waals surface area (Å²) >= 11 is 0. The van der Waals surface area contributed by atoms with E-state index in [2.05, 4.69) is 10.3 Å². The van der Waals surface area contributed by atoms with Crippen LogP contribution in [-0.2, 0) is 0 Å². The van der Waals surface area contributed by atoms with E-state index in [4.69, 9.17) is 5.73 Å². The molecule has 0 aromatic carbocycles. The highest BCUT2D eigenvalue weighted by Gasteiger charge is 2.06. The van der Waals surface area contributed by atoms with E-state index < -0.39 is 0 Å². The van der Waals surface area contributed by atoms with Gasteiger partial charge in [0.05, 0.1) is 5.56 Å². The fraction of sp³-hybridized carbons (Fsp3) is 0.500. The van der Waals surface area contributed by atoms with Gasteiger partial charge in [-0.1, -0.05) is 0 Å². The Morgan fingerprint density at radius 1 is 1.53 bits per heavy atom. The van der Waals surface area contributed by atoms with Crippen LogP contribution < -0.4 is 16.0 Å². The maximum atomic E-state index is 11.7. The van der Waals surface area contributed by atoms with E-state index in [0.29, 0.717) is 12.1 Å². The average molecular weight is 236 g/mol. The van der Waals surface area contributed by atoms with Crippen molar-refractivity contribution in [2.24, 2.45) is 5.73 Å². The minimum atomic E-state index is -0.108. The summed E-state index contributed by atoms with van der Waals surface area (Å²) in [4.78, 5) is 17.8. The van der Waals surface area contributed by atoms with Gasteiger partial charge in [-0.2, -0.15) is 0 Å². The van der Waals surface area contributed by atoms with Crippen LogP contribution in [0.3, 0.4) is 0 Å². The minimum absolute atomic E-state index is 0.101. The van der Waals surface area contributed by atoms with E-state index in [1.54, 1.807) is 12.3 Å². The summed E-state index contributed by atoms with van der Waals surface area (Å²) in [5.41, 5.74) is 6.17. The Bertz CT molecular complexity index is 359. The van der Waals surface area contributed by atoms with Gasteiger partial charge < -0.3 is 16.0 Å². The van der Waals surface area contributed by atoms with Crippen molar-refractivity contribution in [1.29, 1.82) is 0 Å². The van der Waals surface area contributed by atoms with Crippen LogP contribution in [-0.4, -0.2) is 37.6 Å². The molecule has 1 aromatic rings. The first-order valence-corrected chi connectivity index (χ1v) is 5.68. The molecule has 0 fully saturated rings. The number of nitrogens with one attached hydrogen (secondary N) is 1. The third-order valence-electron chi connectivity index (χ3n) is 2.35. The molecule has 1 heterocycles. The van der Waals surface area contributed by atoms with Gasteiger partial charge >= 0.3 is 0 Å². The molecular formula is C12H20N4O. The fourth-order valence-electron chi connectivity index (χ4n) is 1.30. The fourth-order valence-corrected chi connectivity index (χ4v) is 1.30. The zero-order chi connectivity index (χ0) is 12.8. The molecule has 94 valence electrons. The smallest absolute Gasteiger partial charge is 0.252 e. The molecule has 1 amide bonds. The molecule has 0 aliphatic carbocycles. The molecule has 1 aromatic heterocycles. The first-order chi connectivity index (χ1) is 8.00. The lowest BCUT2D eigenvalue weighted by atomic mass is 10.2. The van der Waals surface area contributed by atoms with Crippen LogP contribution in [0.1, 0.15) is 23.7 Å². The second-order valence-electron chi connectivity index (χ2n) is 4.32. The van der Waals surface area contributed by atoms with Gasteiger partial charge in [-0.3, -0.25) is 4.79 Å². The average Bonchev–Trinajstić information content (AvgIpc) is 2.28. The largest absolute Gasteiger partial charge is 0.363 e. The van der Waals surface area contributed by atoms with Crippen LogP contribution in [0, 0.1) is 0 Å². The zero-order valence-electron chi connectivity index (χ0n) is 10.6. The number of hydrogen-bond donors (Lipinski definition) is 2. The van der Waals surface area contributed by atoms with Gasteiger partial charge in [0.1, 0.15) is 5.82 Å². The van der Waals surface area contributed by atoms with E-state index >= 15 is 0 Å². The van der Waals surface area contributed by atoms with Gasteiger partial charge in [0, 0.05) is 32.9 Å². The molecule has 1 unspecified atom stereocenters. The van der Waals surface area contributed by atoms with Crippen molar-refractivity contribution in [3.8, 4) is 0 Å². The van der Waals surface area contributed by atoms with E-state index in [1.807, 2.05) is 32.0 Å². The Morgan fingerprint density at radius 2 is 2.24 bits per heavy atom. The third kappa shape index (κ3) is 4.40. The number of carbonyl (C=O) groups excluding carboxylic acids is 1. The second-order valence-corrected chi connectivity index (χ2v) is 4.32. The summed E-state index contributed by atoms with van der Waals surface area (Å²) in [7, 11) is 3.81. The van der Waals surface area contributed by atoms with E-state index in [1.165, 1.54) is 0 Å². The van der Waals surface area contributed by atoms with E-state index in [9.17, 15) is 4.79 Å². The summed E-state index contributed by atoms with van der Waals surface area (Å²) in [5.74, 6) is 0.723. The number of amides is 1. The first kappa shape index (κ1) is 13.4. The topological polar surface area (TPSA) is 71.2 Å². The van der Waals surface area contributed by atoms with Crippen LogP contribution in [0.15, 0.2) is 18.3 Å². The number of anilines is 1. The second kappa shape index (κ2) is 6.20. The summed E-state index contributed by atoms with van der Waals surface area (Å²) in [6.45, 7) is 2.51. The maximum absolute atomic E-state index is 11.7. The molecule has 0 bridgehead atoms. The molecular weight excluding hydrogens is 216 g/mol. The number of nitrogens with two attached hydrogens (primary N) is 1. The molecule has 1 atom stereocenters. The van der Waals surface area contributed by atoms with Gasteiger partial charge in [-0.15, -0.1) is 0 Å². The summed E-state index contributed by atoms with van der Waals surface area (Å²) < 4.78 is 0. The van der Waals surface area contributed by atoms with Gasteiger partial charge in [-0.25, -0.2) is 4.98 Å². The summed E-state index contributed by atoms with van der Waals surface area (Å²) in [6.07, 6.45) is 2.35. The predicted octanol–water partition coefficient (Wildman–Crippen LogP) is 0.615. The number of nitrogens with zero attached hydrogens (tertiary/aromatic N) is 2. The molecule has 0 saturated carbocycles. The van der Waals surface area contributed by atoms with Gasteiger partial charge in [0.25, 0.3) is 5.91 Å². The van der Waals surface area contributed by atoms with Gasteiger partial charge in [0.2, 0.25) is 0 Å². The van der Waals surface area contributed by atoms with Crippen LogP contribution in [0.5, 0.6) is 0 Å². The lowest BCUT2D eigenvalue weighted by Gasteiger charge is -2.11. The van der Waals surface area contributed by atoms with Crippen molar-refractivity contribution in [3.63, 3.8) is 0 Å². The molecule has 0 spiro atoms. The molecule has 5 heteroatoms. The van der Waals surface area contributed by atoms with E-state index in [-0.39, 0.29) is 11.9 Å². The number of carbonyl (C=O) groups is 1. The third-order valence-corrected chi connectivity index (χ3v) is 2.35. The highest BCUT2D eigenvalue weighted by Crippen LogP contribution is 2.07. The van der Waals surface area contributed by atoms with Gasteiger partial charge in [-0.05, 0) is 25.5 Å². The molecule has 5 nitrogen and oxygen atoms in total. The van der Waals surface area contributed by atoms with Crippen molar-refractivity contribution < 1.29 is 4.79 Å². The number of pyridine rings is 1. The normalized spacial score (nSPS) is 12.0. The molecule has 0 aliphatic heterocycles. The number of hydrogen-bond acceptors (Lipinski definition) is 4. The van der Waals surface area contributed by atoms with Crippen LogP contribution in [0.25, 0.3) is 0 Å². The quantitative estimate of drug-likeness (QED) is 0.786. The molecule has 3 N–H and O–H groups in total. The maximum Gasteiger partial charge on any atom is 0.252 e. The Hall–Kier alpha value is -1.62. The summed E-state index contributed by atoms with van der Waals surface area (Å²) in [5, 5.41) is 2.81. The van der Waals surface area contributed by atoms with Gasteiger partial charge in [0.15, 0.2) is 0 Å². The number of aromatic nitrogens is 1. The Morgan fingerprint density at radius 3 is 2.71 bits per heavy atom. The lowest BCUT2D eigenvalue weighted by molar-refractivity contribution is 0.0952. The van der Waals surface area contributed by atoms with Crippen LogP contribution in [0.2, 0.25) is 0 Å². The lowest BCUT2D eigenvalue weighted by Crippen LogP contribution is -2.29. The van der Waals surface area contributed by atoms with Crippen molar-refractivity contribution in [2.45, 2.75) is 19.4 Å². The monoisotopic (exact) mass is 236 g/mol. The van der Waals surface area contributed by atoms with Crippen LogP contribution >= 0.6 is 0 Å². The predicted molar refractivity (Wildman–Crippen MR) is 69.2 cm³/mol. The molecule has 0 radical (unpaired) electrons. The SMILES string of the molecule is CC(N)CCNC(=O)c1ccc(N(C)C)nc1. The Kier molecular flexibility index (Phi) is 4.90. The number of rotatable bonds is 5. The highest BCUT2D eigenvalue weighted by atomic mass is 16.1. The summed E-state index contributed by atoms with van der Waals surface area (Å²) in [6, 6.07) is 3.69. The zero-order valence-corrected chi connectivity index (χ0v) is 10.6. The van der Waals surface area contributed by atoms with Crippen molar-refractivity contribution >= 4 is 11.7 Å². The van der Waals surface area contributed by atoms with Crippen molar-refractivity contribution in [2.75, 3.05) is 25.5 Å². The van der Waals surface area contributed by atoms with Crippen molar-refractivity contribution in [3.05, 3.63) is 23.9 Å². The minimum Gasteiger partial charge on any atom is -0.363 e. The molecule has 1 rings (SSSR count). The highest BCUT2D eigenvalue weighted by molar-refractivity contribution is 5.94.